The molecule has 2 heterocycles. The molecule has 0 aliphatic carbocycles. The first kappa shape index (κ1) is 20.0. The molecule has 12 heteroatoms. The summed E-state index contributed by atoms with van der Waals surface area (Å²) in [6.45, 7) is 3.21. The summed E-state index contributed by atoms with van der Waals surface area (Å²) in [7, 11) is 1.18. The molecule has 0 saturated heterocycles. The lowest BCUT2D eigenvalue weighted by Gasteiger charge is -2.12. The Hall–Kier alpha value is -3.28. The summed E-state index contributed by atoms with van der Waals surface area (Å²) in [6.07, 6.45) is 2.30. The minimum atomic E-state index is -0.722. The Labute approximate surface area is 157 Å². The van der Waals surface area contributed by atoms with Crippen LogP contribution in [0.4, 0.5) is 10.7 Å². The highest BCUT2D eigenvalue weighted by atomic mass is 32.1. The maximum Gasteiger partial charge on any atom is 0.341 e. The Morgan fingerprint density at radius 1 is 1.48 bits per heavy atom. The molecule has 27 heavy (non-hydrogen) atoms. The van der Waals surface area contributed by atoms with E-state index in [4.69, 9.17) is 10.5 Å². The van der Waals surface area contributed by atoms with E-state index in [0.29, 0.717) is 5.56 Å². The lowest BCUT2D eigenvalue weighted by atomic mass is 10.1. The second kappa shape index (κ2) is 7.95. The third-order valence-corrected chi connectivity index (χ3v) is 4.96. The summed E-state index contributed by atoms with van der Waals surface area (Å²) in [4.78, 5) is 46.2. The smallest absolute Gasteiger partial charge is 0.341 e. The van der Waals surface area contributed by atoms with Gasteiger partial charge in [0.1, 0.15) is 17.4 Å². The number of aromatic nitrogens is 2. The number of thiophene rings is 1. The molecule has 0 aliphatic rings. The molecule has 0 aromatic carbocycles. The number of hydrogen-bond acceptors (Lipinski definition) is 8. The number of methoxy groups -OCH3 is 1. The van der Waals surface area contributed by atoms with Crippen LogP contribution in [-0.4, -0.2) is 39.6 Å². The zero-order valence-corrected chi connectivity index (χ0v) is 15.5. The number of hydrogen-bond donors (Lipinski definition) is 2. The number of nitrogens with zero attached hydrogens (tertiary/aromatic N) is 3. The fraction of sp³-hybridized carbons (Fsp3) is 0.333. The van der Waals surface area contributed by atoms with Crippen molar-refractivity contribution in [1.82, 2.24) is 9.78 Å². The Kier molecular flexibility index (Phi) is 5.90. The number of carbonyl (C=O) groups excluding carboxylic acids is 3. The van der Waals surface area contributed by atoms with Gasteiger partial charge < -0.3 is 15.8 Å². The molecule has 0 saturated carbocycles. The number of ether oxygens (including phenoxy) is 1. The van der Waals surface area contributed by atoms with Crippen LogP contribution in [0.15, 0.2) is 12.4 Å². The molecule has 1 unspecified atom stereocenters. The van der Waals surface area contributed by atoms with Crippen LogP contribution < -0.4 is 11.1 Å². The maximum atomic E-state index is 12.5. The SMILES string of the molecule is COC(=O)c1c(NC(=O)C(C)Cn2cc([N+](=O)[O-])cn2)sc(C(N)=O)c1C. The zero-order chi connectivity index (χ0) is 20.3. The van der Waals surface area contributed by atoms with E-state index in [1.54, 1.807) is 6.92 Å². The van der Waals surface area contributed by atoms with E-state index in [-0.39, 0.29) is 27.7 Å². The predicted molar refractivity (Wildman–Crippen MR) is 95.6 cm³/mol. The topological polar surface area (TPSA) is 159 Å². The van der Waals surface area contributed by atoms with Crippen molar-refractivity contribution in [1.29, 1.82) is 0 Å². The molecule has 0 fully saturated rings. The fourth-order valence-electron chi connectivity index (χ4n) is 2.33. The van der Waals surface area contributed by atoms with Crippen molar-refractivity contribution in [2.45, 2.75) is 20.4 Å². The van der Waals surface area contributed by atoms with Gasteiger partial charge in [-0.05, 0) is 12.5 Å². The largest absolute Gasteiger partial charge is 0.465 e. The zero-order valence-electron chi connectivity index (χ0n) is 14.7. The van der Waals surface area contributed by atoms with Crippen molar-refractivity contribution in [3.8, 4) is 0 Å². The molecule has 144 valence electrons. The van der Waals surface area contributed by atoms with Crippen LogP contribution in [0, 0.1) is 23.0 Å². The van der Waals surface area contributed by atoms with Crippen molar-refractivity contribution in [3.05, 3.63) is 38.5 Å². The van der Waals surface area contributed by atoms with E-state index >= 15 is 0 Å². The molecule has 0 spiro atoms. The number of primary amides is 1. The number of amides is 2. The minimum Gasteiger partial charge on any atom is -0.465 e. The molecule has 2 aromatic rings. The Bertz CT molecular complexity index is 918. The molecule has 2 rings (SSSR count). The standard InChI is InChI=1S/C15H17N5O6S/c1-7(5-19-6-9(4-17-19)20(24)25)13(22)18-14-10(15(23)26-3)8(2)11(27-14)12(16)21/h4,6-7H,5H2,1-3H3,(H2,16,21)(H,18,22). The van der Waals surface area contributed by atoms with E-state index in [9.17, 15) is 24.5 Å². The highest BCUT2D eigenvalue weighted by Gasteiger charge is 2.26. The van der Waals surface area contributed by atoms with Crippen molar-refractivity contribution in [2.24, 2.45) is 11.7 Å². The highest BCUT2D eigenvalue weighted by Crippen LogP contribution is 2.33. The van der Waals surface area contributed by atoms with Crippen LogP contribution in [0.2, 0.25) is 0 Å². The van der Waals surface area contributed by atoms with Crippen LogP contribution >= 0.6 is 11.3 Å². The second-order valence-electron chi connectivity index (χ2n) is 5.68. The lowest BCUT2D eigenvalue weighted by Crippen LogP contribution is -2.25. The first-order valence-corrected chi connectivity index (χ1v) is 8.46. The molecule has 11 nitrogen and oxygen atoms in total. The van der Waals surface area contributed by atoms with Gasteiger partial charge in [0.2, 0.25) is 5.91 Å². The number of carbonyl (C=O) groups is 3. The molecule has 2 amide bonds. The molecular formula is C15H17N5O6S. The number of nitro groups is 1. The maximum absolute atomic E-state index is 12.5. The Morgan fingerprint density at radius 3 is 2.67 bits per heavy atom. The fourth-order valence-corrected chi connectivity index (χ4v) is 3.38. The van der Waals surface area contributed by atoms with Gasteiger partial charge in [0.15, 0.2) is 0 Å². The quantitative estimate of drug-likeness (QED) is 0.406. The first-order chi connectivity index (χ1) is 12.6. The van der Waals surface area contributed by atoms with E-state index in [0.717, 1.165) is 17.5 Å². The molecule has 0 bridgehead atoms. The van der Waals surface area contributed by atoms with Crippen LogP contribution in [0.25, 0.3) is 0 Å². The van der Waals surface area contributed by atoms with Gasteiger partial charge in [-0.1, -0.05) is 6.92 Å². The predicted octanol–water partition coefficient (Wildman–Crippen LogP) is 1.32. The third kappa shape index (κ3) is 4.28. The summed E-state index contributed by atoms with van der Waals surface area (Å²) in [6, 6.07) is 0. The van der Waals surface area contributed by atoms with E-state index in [2.05, 4.69) is 10.4 Å². The van der Waals surface area contributed by atoms with Gasteiger partial charge in [-0.3, -0.25) is 24.4 Å². The van der Waals surface area contributed by atoms with Crippen molar-refractivity contribution >= 4 is 39.8 Å². The number of anilines is 1. The summed E-state index contributed by atoms with van der Waals surface area (Å²) in [5.41, 5.74) is 5.50. The van der Waals surface area contributed by atoms with Crippen molar-refractivity contribution in [3.63, 3.8) is 0 Å². The highest BCUT2D eigenvalue weighted by molar-refractivity contribution is 7.18. The first-order valence-electron chi connectivity index (χ1n) is 7.64. The molecule has 2 aromatic heterocycles. The van der Waals surface area contributed by atoms with Gasteiger partial charge in [0.05, 0.1) is 34.9 Å². The summed E-state index contributed by atoms with van der Waals surface area (Å²) in [5, 5.41) is 17.3. The van der Waals surface area contributed by atoms with Gasteiger partial charge in [-0.25, -0.2) is 4.79 Å². The van der Waals surface area contributed by atoms with Crippen LogP contribution in [-0.2, 0) is 16.1 Å². The van der Waals surface area contributed by atoms with Gasteiger partial charge in [0.25, 0.3) is 5.91 Å². The van der Waals surface area contributed by atoms with Gasteiger partial charge in [0, 0.05) is 0 Å². The lowest BCUT2D eigenvalue weighted by molar-refractivity contribution is -0.385. The molecule has 0 radical (unpaired) electrons. The number of nitrogens with one attached hydrogen (secondary N) is 1. The average Bonchev–Trinajstić information content (AvgIpc) is 3.19. The average molecular weight is 395 g/mol. The number of rotatable bonds is 7. The van der Waals surface area contributed by atoms with Crippen LogP contribution in [0.3, 0.4) is 0 Å². The number of nitrogens with two attached hydrogens (primary N) is 1. The Balaban J connectivity index is 2.20. The van der Waals surface area contributed by atoms with Gasteiger partial charge in [-0.15, -0.1) is 11.3 Å². The number of esters is 1. The normalized spacial score (nSPS) is 11.7. The van der Waals surface area contributed by atoms with E-state index in [1.807, 2.05) is 0 Å². The van der Waals surface area contributed by atoms with Crippen LogP contribution in [0.5, 0.6) is 0 Å². The van der Waals surface area contributed by atoms with Crippen LogP contribution in [0.1, 0.15) is 32.5 Å². The monoisotopic (exact) mass is 395 g/mol. The third-order valence-electron chi connectivity index (χ3n) is 3.74. The molecular weight excluding hydrogens is 378 g/mol. The summed E-state index contributed by atoms with van der Waals surface area (Å²) >= 11 is 0.879. The minimum absolute atomic E-state index is 0.0616. The van der Waals surface area contributed by atoms with Gasteiger partial charge >= 0.3 is 11.7 Å². The molecule has 3 N–H and O–H groups in total. The Morgan fingerprint density at radius 2 is 2.15 bits per heavy atom. The van der Waals surface area contributed by atoms with E-state index < -0.39 is 28.6 Å². The van der Waals surface area contributed by atoms with Crippen molar-refractivity contribution in [2.75, 3.05) is 12.4 Å². The van der Waals surface area contributed by atoms with Gasteiger partial charge in [-0.2, -0.15) is 5.10 Å². The summed E-state index contributed by atoms with van der Waals surface area (Å²) in [5.74, 6) is -2.52. The van der Waals surface area contributed by atoms with E-state index in [1.165, 1.54) is 24.9 Å². The molecule has 0 aliphatic heterocycles. The summed E-state index contributed by atoms with van der Waals surface area (Å²) < 4.78 is 5.98. The molecule has 1 atom stereocenters. The van der Waals surface area contributed by atoms with Crippen molar-refractivity contribution < 1.29 is 24.0 Å². The second-order valence-corrected chi connectivity index (χ2v) is 6.70.